The summed E-state index contributed by atoms with van der Waals surface area (Å²) in [6, 6.07) is 10.3. The van der Waals surface area contributed by atoms with Gasteiger partial charge in [0.25, 0.3) is 0 Å². The fourth-order valence-electron chi connectivity index (χ4n) is 2.90. The van der Waals surface area contributed by atoms with Gasteiger partial charge in [-0.2, -0.15) is 0 Å². The molecule has 27 heavy (non-hydrogen) atoms. The van der Waals surface area contributed by atoms with E-state index < -0.39 is 0 Å². The lowest BCUT2D eigenvalue weighted by Gasteiger charge is -2.24. The molecule has 2 heterocycles. The van der Waals surface area contributed by atoms with E-state index in [1.54, 1.807) is 36.4 Å². The average molecular weight is 370 g/mol. The highest BCUT2D eigenvalue weighted by Crippen LogP contribution is 2.35. The van der Waals surface area contributed by atoms with Crippen molar-refractivity contribution in [3.63, 3.8) is 0 Å². The lowest BCUT2D eigenvalue weighted by atomic mass is 10.2. The number of anilines is 2. The monoisotopic (exact) mass is 370 g/mol. The smallest absolute Gasteiger partial charge is 0.244 e. The summed E-state index contributed by atoms with van der Waals surface area (Å²) in [7, 11) is 0. The second-order valence-electron chi connectivity index (χ2n) is 6.05. The van der Waals surface area contributed by atoms with Crippen molar-refractivity contribution in [3.8, 4) is 23.0 Å². The molecule has 0 fully saturated rings. The Hall–Kier alpha value is -3.42. The molecule has 4 rings (SSSR count). The van der Waals surface area contributed by atoms with E-state index in [-0.39, 0.29) is 25.2 Å². The van der Waals surface area contributed by atoms with Gasteiger partial charge in [0, 0.05) is 30.4 Å². The predicted octanol–water partition coefficient (Wildman–Crippen LogP) is 2.18. The second-order valence-corrected chi connectivity index (χ2v) is 6.05. The molecule has 2 amide bonds. The Balaban J connectivity index is 1.48. The number of rotatable bonds is 4. The number of amides is 2. The Morgan fingerprint density at radius 3 is 2.41 bits per heavy atom. The lowest BCUT2D eigenvalue weighted by Crippen LogP contribution is -2.36. The number of nitrogens with one attached hydrogen (secondary N) is 1. The molecule has 0 saturated heterocycles. The van der Waals surface area contributed by atoms with Crippen molar-refractivity contribution in [2.75, 3.05) is 36.8 Å². The summed E-state index contributed by atoms with van der Waals surface area (Å²) in [6.45, 7) is 2.37. The number of carbonyl (C=O) groups is 2. The lowest BCUT2D eigenvalue weighted by molar-refractivity contribution is -0.120. The van der Waals surface area contributed by atoms with Crippen LogP contribution < -0.4 is 29.2 Å². The zero-order chi connectivity index (χ0) is 18.8. The molecule has 8 nitrogen and oxygen atoms in total. The minimum atomic E-state index is -0.334. The van der Waals surface area contributed by atoms with E-state index in [1.807, 2.05) is 0 Å². The third-order valence-electron chi connectivity index (χ3n) is 4.18. The number of hydrogen-bond acceptors (Lipinski definition) is 6. The summed E-state index contributed by atoms with van der Waals surface area (Å²) < 4.78 is 21.6. The molecular weight excluding hydrogens is 352 g/mol. The fraction of sp³-hybridized carbons (Fsp3) is 0.263. The summed E-state index contributed by atoms with van der Waals surface area (Å²) in [6.07, 6.45) is 0. The summed E-state index contributed by atoms with van der Waals surface area (Å²) in [5.74, 6) is 1.80. The van der Waals surface area contributed by atoms with Gasteiger partial charge in [-0.3, -0.25) is 9.59 Å². The minimum absolute atomic E-state index is 0.135. The van der Waals surface area contributed by atoms with Crippen molar-refractivity contribution in [1.29, 1.82) is 0 Å². The predicted molar refractivity (Wildman–Crippen MR) is 96.7 cm³/mol. The maximum atomic E-state index is 12.5. The molecule has 0 atom stereocenters. The Bertz CT molecular complexity index is 898. The molecule has 2 aromatic rings. The van der Waals surface area contributed by atoms with Gasteiger partial charge >= 0.3 is 0 Å². The first-order valence-corrected chi connectivity index (χ1v) is 8.47. The van der Waals surface area contributed by atoms with Crippen molar-refractivity contribution in [2.24, 2.45) is 0 Å². The van der Waals surface area contributed by atoms with Gasteiger partial charge in [-0.1, -0.05) is 0 Å². The first-order chi connectivity index (χ1) is 13.1. The van der Waals surface area contributed by atoms with Crippen LogP contribution in [0.5, 0.6) is 23.0 Å². The van der Waals surface area contributed by atoms with E-state index in [0.717, 1.165) is 0 Å². The van der Waals surface area contributed by atoms with Crippen LogP contribution in [0, 0.1) is 0 Å². The third kappa shape index (κ3) is 3.59. The molecule has 2 aliphatic heterocycles. The van der Waals surface area contributed by atoms with E-state index in [4.69, 9.17) is 18.9 Å². The van der Waals surface area contributed by atoms with Gasteiger partial charge in [0.05, 0.1) is 0 Å². The van der Waals surface area contributed by atoms with Crippen LogP contribution in [0.4, 0.5) is 11.4 Å². The van der Waals surface area contributed by atoms with Gasteiger partial charge in [0.2, 0.25) is 18.6 Å². The molecule has 1 N–H and O–H groups in total. The molecule has 0 aliphatic carbocycles. The highest BCUT2D eigenvalue weighted by molar-refractivity contribution is 6.02. The molecule has 0 bridgehead atoms. The van der Waals surface area contributed by atoms with Gasteiger partial charge < -0.3 is 29.2 Å². The van der Waals surface area contributed by atoms with Gasteiger partial charge in [0.1, 0.15) is 19.8 Å². The van der Waals surface area contributed by atoms with Gasteiger partial charge in [0.15, 0.2) is 23.0 Å². The van der Waals surface area contributed by atoms with Crippen LogP contribution in [0.25, 0.3) is 0 Å². The number of nitrogens with zero attached hydrogens (tertiary/aromatic N) is 1. The quantitative estimate of drug-likeness (QED) is 0.888. The van der Waals surface area contributed by atoms with Gasteiger partial charge in [-0.25, -0.2) is 0 Å². The maximum Gasteiger partial charge on any atom is 0.244 e. The van der Waals surface area contributed by atoms with Crippen LogP contribution in [0.2, 0.25) is 0 Å². The molecule has 0 unspecified atom stereocenters. The Kier molecular flexibility index (Phi) is 4.45. The largest absolute Gasteiger partial charge is 0.486 e. The molecule has 8 heteroatoms. The summed E-state index contributed by atoms with van der Waals surface area (Å²) >= 11 is 0. The summed E-state index contributed by atoms with van der Waals surface area (Å²) in [5, 5.41) is 2.76. The Morgan fingerprint density at radius 2 is 1.59 bits per heavy atom. The number of ether oxygens (including phenoxy) is 4. The molecule has 2 aromatic carbocycles. The van der Waals surface area contributed by atoms with Crippen molar-refractivity contribution in [1.82, 2.24) is 0 Å². The number of hydrogen-bond donors (Lipinski definition) is 1. The highest BCUT2D eigenvalue weighted by Gasteiger charge is 2.20. The van der Waals surface area contributed by atoms with Gasteiger partial charge in [-0.05, 0) is 24.3 Å². The van der Waals surface area contributed by atoms with Crippen molar-refractivity contribution in [2.45, 2.75) is 6.92 Å². The Morgan fingerprint density at radius 1 is 0.926 bits per heavy atom. The summed E-state index contributed by atoms with van der Waals surface area (Å²) in [5.41, 5.74) is 1.13. The zero-order valence-corrected chi connectivity index (χ0v) is 14.7. The third-order valence-corrected chi connectivity index (χ3v) is 4.18. The molecule has 140 valence electrons. The summed E-state index contributed by atoms with van der Waals surface area (Å²) in [4.78, 5) is 25.9. The molecule has 0 radical (unpaired) electrons. The number of benzene rings is 2. The molecule has 0 aromatic heterocycles. The molecular formula is C19H18N2O6. The van der Waals surface area contributed by atoms with E-state index in [1.165, 1.54) is 11.8 Å². The first-order valence-electron chi connectivity index (χ1n) is 8.47. The van der Waals surface area contributed by atoms with Crippen LogP contribution in [-0.2, 0) is 9.59 Å². The maximum absolute atomic E-state index is 12.5. The normalized spacial score (nSPS) is 13.8. The van der Waals surface area contributed by atoms with Crippen molar-refractivity contribution < 1.29 is 28.5 Å². The molecule has 2 aliphatic rings. The standard InChI is InChI=1S/C19H18N2O6/c1-12(22)21(14-3-5-15-18(9-14)25-7-6-24-15)10-19(23)20-13-2-4-16-17(8-13)27-11-26-16/h2-5,8-9H,6-7,10-11H2,1H3,(H,20,23). The van der Waals surface area contributed by atoms with E-state index >= 15 is 0 Å². The zero-order valence-electron chi connectivity index (χ0n) is 14.7. The SMILES string of the molecule is CC(=O)N(CC(=O)Nc1ccc2c(c1)OCO2)c1ccc2c(c1)OCCO2. The van der Waals surface area contributed by atoms with Gasteiger partial charge in [-0.15, -0.1) is 0 Å². The van der Waals surface area contributed by atoms with Crippen molar-refractivity contribution >= 4 is 23.2 Å². The molecule has 0 saturated carbocycles. The fourth-order valence-corrected chi connectivity index (χ4v) is 2.90. The van der Waals surface area contributed by atoms with E-state index in [0.29, 0.717) is 47.6 Å². The minimum Gasteiger partial charge on any atom is -0.486 e. The van der Waals surface area contributed by atoms with E-state index in [2.05, 4.69) is 5.32 Å². The molecule has 0 spiro atoms. The number of fused-ring (bicyclic) bond motifs is 2. The van der Waals surface area contributed by atoms with E-state index in [9.17, 15) is 9.59 Å². The second kappa shape index (κ2) is 7.06. The van der Waals surface area contributed by atoms with Crippen LogP contribution in [0.3, 0.4) is 0 Å². The highest BCUT2D eigenvalue weighted by atomic mass is 16.7. The number of carbonyl (C=O) groups excluding carboxylic acids is 2. The van der Waals surface area contributed by atoms with Crippen LogP contribution in [0.1, 0.15) is 6.92 Å². The topological polar surface area (TPSA) is 86.3 Å². The Labute approximate surface area is 155 Å². The van der Waals surface area contributed by atoms with Crippen LogP contribution in [0.15, 0.2) is 36.4 Å². The average Bonchev–Trinajstić information content (AvgIpc) is 3.13. The first kappa shape index (κ1) is 17.0. The van der Waals surface area contributed by atoms with Crippen LogP contribution >= 0.6 is 0 Å². The van der Waals surface area contributed by atoms with Crippen LogP contribution in [-0.4, -0.2) is 38.4 Å². The van der Waals surface area contributed by atoms with Crippen molar-refractivity contribution in [3.05, 3.63) is 36.4 Å².